The highest BCUT2D eigenvalue weighted by molar-refractivity contribution is 5.33. The predicted molar refractivity (Wildman–Crippen MR) is 78.2 cm³/mol. The smallest absolute Gasteiger partial charge is 0.107 e. The van der Waals surface area contributed by atoms with Crippen LogP contribution in [0, 0.1) is 0 Å². The van der Waals surface area contributed by atoms with Gasteiger partial charge in [-0.25, -0.2) is 5.43 Å². The molecule has 1 atom stereocenters. The Morgan fingerprint density at radius 3 is 2.74 bits per heavy atom. The van der Waals surface area contributed by atoms with Crippen LogP contribution in [0.25, 0.3) is 0 Å². The predicted octanol–water partition coefficient (Wildman–Crippen LogP) is 1.47. The molecule has 1 fully saturated rings. The van der Waals surface area contributed by atoms with Gasteiger partial charge in [-0.3, -0.25) is 5.01 Å². The molecule has 3 aliphatic rings. The van der Waals surface area contributed by atoms with Crippen LogP contribution >= 0.6 is 0 Å². The molecule has 0 aromatic heterocycles. The molecule has 1 saturated heterocycles. The van der Waals surface area contributed by atoms with Crippen LogP contribution in [-0.4, -0.2) is 35.2 Å². The molecule has 3 rings (SSSR count). The highest BCUT2D eigenvalue weighted by Crippen LogP contribution is 2.24. The normalized spacial score (nSPS) is 29.9. The van der Waals surface area contributed by atoms with Crippen molar-refractivity contribution in [3.63, 3.8) is 0 Å². The minimum absolute atomic E-state index is 0. The number of hydrogen-bond acceptors (Lipinski definition) is 5. The van der Waals surface area contributed by atoms with Crippen molar-refractivity contribution in [3.05, 3.63) is 36.2 Å². The quantitative estimate of drug-likeness (QED) is 0.718. The van der Waals surface area contributed by atoms with Crippen LogP contribution in [0.1, 0.15) is 25.7 Å². The second-order valence-corrected chi connectivity index (χ2v) is 5.44. The van der Waals surface area contributed by atoms with E-state index in [1.54, 1.807) is 0 Å². The van der Waals surface area contributed by atoms with Gasteiger partial charge in [0, 0.05) is 12.7 Å². The molecule has 19 heavy (non-hydrogen) atoms. The number of piperidine rings is 1. The van der Waals surface area contributed by atoms with Crippen molar-refractivity contribution in [3.8, 4) is 0 Å². The van der Waals surface area contributed by atoms with Crippen LogP contribution in [0.15, 0.2) is 36.2 Å². The molecule has 6 N–H and O–H groups in total. The zero-order valence-electron chi connectivity index (χ0n) is 11.5. The molecule has 5 nitrogen and oxygen atoms in total. The number of likely N-dealkylation sites (tertiary alicyclic amines) is 1. The lowest BCUT2D eigenvalue weighted by Gasteiger charge is -2.31. The SMILES string of the molecule is N.NC1(CCN2CCCCC2)C=C2C=CC=CN2N1. The van der Waals surface area contributed by atoms with Crippen molar-refractivity contribution >= 4 is 0 Å². The molecule has 106 valence electrons. The number of hydrogen-bond donors (Lipinski definition) is 3. The van der Waals surface area contributed by atoms with Crippen LogP contribution in [0.5, 0.6) is 0 Å². The Morgan fingerprint density at radius 1 is 1.21 bits per heavy atom. The van der Waals surface area contributed by atoms with Crippen LogP contribution < -0.4 is 17.3 Å². The number of fused-ring (bicyclic) bond motifs is 1. The molecular formula is C14H25N5. The Labute approximate surface area is 115 Å². The first-order chi connectivity index (χ1) is 8.75. The van der Waals surface area contributed by atoms with Gasteiger partial charge >= 0.3 is 0 Å². The fourth-order valence-electron chi connectivity index (χ4n) is 2.85. The number of hydrazine groups is 1. The number of nitrogens with two attached hydrogens (primary N) is 1. The minimum atomic E-state index is -0.397. The van der Waals surface area contributed by atoms with Crippen LogP contribution in [0.4, 0.5) is 0 Å². The van der Waals surface area contributed by atoms with E-state index in [9.17, 15) is 0 Å². The molecule has 0 aromatic rings. The first-order valence-corrected chi connectivity index (χ1v) is 6.91. The van der Waals surface area contributed by atoms with Crippen LogP contribution in [0.2, 0.25) is 0 Å². The fourth-order valence-corrected chi connectivity index (χ4v) is 2.85. The lowest BCUT2D eigenvalue weighted by Crippen LogP contribution is -2.54. The van der Waals surface area contributed by atoms with E-state index < -0.39 is 5.66 Å². The molecule has 0 amide bonds. The standard InChI is InChI=1S/C14H22N4.H3N/c15-14(7-11-17-8-3-1-4-9-17)12-13-6-2-5-10-18(13)16-14;/h2,5-6,10,12,16H,1,3-4,7-9,11,15H2;1H3. The Morgan fingerprint density at radius 2 is 2.00 bits per heavy atom. The summed E-state index contributed by atoms with van der Waals surface area (Å²) in [6, 6.07) is 0. The van der Waals surface area contributed by atoms with E-state index in [1.165, 1.54) is 32.4 Å². The highest BCUT2D eigenvalue weighted by Gasteiger charge is 2.32. The first-order valence-electron chi connectivity index (χ1n) is 6.91. The van der Waals surface area contributed by atoms with Crippen molar-refractivity contribution < 1.29 is 0 Å². The summed E-state index contributed by atoms with van der Waals surface area (Å²) in [5.41, 5.74) is 10.5. The summed E-state index contributed by atoms with van der Waals surface area (Å²) in [6.45, 7) is 3.54. The number of nitrogens with zero attached hydrogens (tertiary/aromatic N) is 2. The van der Waals surface area contributed by atoms with Gasteiger partial charge in [-0.15, -0.1) is 0 Å². The molecule has 0 radical (unpaired) electrons. The first kappa shape index (κ1) is 14.3. The van der Waals surface area contributed by atoms with Gasteiger partial charge in [-0.05, 0) is 50.6 Å². The largest absolute Gasteiger partial charge is 0.344 e. The number of rotatable bonds is 3. The van der Waals surface area contributed by atoms with Gasteiger partial charge in [0.1, 0.15) is 5.66 Å². The summed E-state index contributed by atoms with van der Waals surface area (Å²) in [7, 11) is 0. The zero-order chi connectivity index (χ0) is 12.4. The Bertz CT molecular complexity index is 395. The van der Waals surface area contributed by atoms with Gasteiger partial charge in [0.05, 0.1) is 5.70 Å². The molecule has 0 saturated carbocycles. The molecule has 5 heteroatoms. The summed E-state index contributed by atoms with van der Waals surface area (Å²) in [5.74, 6) is 0. The lowest BCUT2D eigenvalue weighted by molar-refractivity contribution is 0.187. The van der Waals surface area contributed by atoms with Gasteiger partial charge in [-0.2, -0.15) is 0 Å². The topological polar surface area (TPSA) is 79.5 Å². The average Bonchev–Trinajstić information content (AvgIpc) is 2.74. The van der Waals surface area contributed by atoms with Crippen LogP contribution in [-0.2, 0) is 0 Å². The molecule has 0 aromatic carbocycles. The summed E-state index contributed by atoms with van der Waals surface area (Å²) in [6.07, 6.45) is 15.3. The maximum atomic E-state index is 6.41. The summed E-state index contributed by atoms with van der Waals surface area (Å²) >= 11 is 0. The second-order valence-electron chi connectivity index (χ2n) is 5.44. The van der Waals surface area contributed by atoms with E-state index in [0.29, 0.717) is 0 Å². The van der Waals surface area contributed by atoms with E-state index in [-0.39, 0.29) is 6.15 Å². The van der Waals surface area contributed by atoms with Gasteiger partial charge in [0.25, 0.3) is 0 Å². The van der Waals surface area contributed by atoms with E-state index in [0.717, 1.165) is 18.7 Å². The van der Waals surface area contributed by atoms with Crippen LogP contribution in [0.3, 0.4) is 0 Å². The molecule has 3 aliphatic heterocycles. The van der Waals surface area contributed by atoms with Crippen molar-refractivity contribution in [2.45, 2.75) is 31.3 Å². The zero-order valence-corrected chi connectivity index (χ0v) is 11.5. The fraction of sp³-hybridized carbons (Fsp3) is 0.571. The van der Waals surface area contributed by atoms with Gasteiger partial charge in [0.15, 0.2) is 0 Å². The molecule has 1 unspecified atom stereocenters. The van der Waals surface area contributed by atoms with Gasteiger partial charge in [-0.1, -0.05) is 12.5 Å². The van der Waals surface area contributed by atoms with Crippen molar-refractivity contribution in [2.75, 3.05) is 19.6 Å². The van der Waals surface area contributed by atoms with Crippen molar-refractivity contribution in [1.82, 2.24) is 21.5 Å². The third kappa shape index (κ3) is 3.25. The number of nitrogens with one attached hydrogen (secondary N) is 1. The Hall–Kier alpha value is -1.14. The monoisotopic (exact) mass is 263 g/mol. The van der Waals surface area contributed by atoms with Crippen molar-refractivity contribution in [1.29, 1.82) is 0 Å². The van der Waals surface area contributed by atoms with E-state index in [2.05, 4.69) is 22.5 Å². The summed E-state index contributed by atoms with van der Waals surface area (Å²) in [4.78, 5) is 2.53. The maximum Gasteiger partial charge on any atom is 0.107 e. The van der Waals surface area contributed by atoms with Gasteiger partial charge < -0.3 is 16.8 Å². The van der Waals surface area contributed by atoms with E-state index in [1.807, 2.05) is 23.4 Å². The number of allylic oxidation sites excluding steroid dienone is 3. The maximum absolute atomic E-state index is 6.41. The lowest BCUT2D eigenvalue weighted by atomic mass is 10.1. The van der Waals surface area contributed by atoms with Crippen molar-refractivity contribution in [2.24, 2.45) is 5.73 Å². The molecule has 0 spiro atoms. The molecular weight excluding hydrogens is 238 g/mol. The average molecular weight is 263 g/mol. The van der Waals surface area contributed by atoms with E-state index in [4.69, 9.17) is 5.73 Å². The third-order valence-corrected chi connectivity index (χ3v) is 3.92. The van der Waals surface area contributed by atoms with E-state index >= 15 is 0 Å². The Balaban J connectivity index is 0.00000133. The molecule has 3 heterocycles. The second kappa shape index (κ2) is 5.88. The molecule has 0 aliphatic carbocycles. The minimum Gasteiger partial charge on any atom is -0.344 e. The summed E-state index contributed by atoms with van der Waals surface area (Å²) < 4.78 is 0. The highest BCUT2D eigenvalue weighted by atomic mass is 15.6. The molecule has 0 bridgehead atoms. The summed E-state index contributed by atoms with van der Waals surface area (Å²) in [5, 5.41) is 2.01. The third-order valence-electron chi connectivity index (χ3n) is 3.92. The Kier molecular flexibility index (Phi) is 4.42. The van der Waals surface area contributed by atoms with Gasteiger partial charge in [0.2, 0.25) is 0 Å².